The third-order valence-corrected chi connectivity index (χ3v) is 3.15. The summed E-state index contributed by atoms with van der Waals surface area (Å²) in [5.74, 6) is -0.388. The Kier molecular flexibility index (Phi) is 2.91. The second-order valence-corrected chi connectivity index (χ2v) is 4.84. The largest absolute Gasteiger partial charge is 0.489 e. The molecule has 2 N–H and O–H groups in total. The number of aromatic carboxylic acids is 1. The van der Waals surface area contributed by atoms with Gasteiger partial charge in [-0.05, 0) is 37.1 Å². The number of H-pyrrole nitrogens is 1. The molecule has 98 valence electrons. The highest BCUT2D eigenvalue weighted by Crippen LogP contribution is 2.34. The Bertz CT molecular complexity index is 635. The molecule has 6 heteroatoms. The lowest BCUT2D eigenvalue weighted by molar-refractivity contribution is 0.0690. The van der Waals surface area contributed by atoms with Crippen LogP contribution < -0.4 is 4.74 Å². The van der Waals surface area contributed by atoms with Crippen LogP contribution in [0.3, 0.4) is 0 Å². The van der Waals surface area contributed by atoms with E-state index in [1.54, 1.807) is 12.1 Å². The van der Waals surface area contributed by atoms with E-state index in [9.17, 15) is 4.79 Å². The maximum Gasteiger partial charge on any atom is 0.353 e. The summed E-state index contributed by atoms with van der Waals surface area (Å²) in [4.78, 5) is 10.8. The second kappa shape index (κ2) is 4.59. The lowest BCUT2D eigenvalue weighted by Crippen LogP contribution is -1.96. The molecule has 1 saturated carbocycles. The van der Waals surface area contributed by atoms with Crippen molar-refractivity contribution in [1.29, 1.82) is 0 Å². The molecule has 2 aromatic rings. The van der Waals surface area contributed by atoms with Crippen molar-refractivity contribution in [3.63, 3.8) is 0 Å². The predicted molar refractivity (Wildman–Crippen MR) is 69.6 cm³/mol. The van der Waals surface area contributed by atoms with Crippen molar-refractivity contribution in [3.8, 4) is 17.0 Å². The number of nitrogens with zero attached hydrogens (tertiary/aromatic N) is 1. The van der Waals surface area contributed by atoms with Crippen LogP contribution in [0.25, 0.3) is 11.3 Å². The van der Waals surface area contributed by atoms with Crippen molar-refractivity contribution in [2.75, 3.05) is 0 Å². The van der Waals surface area contributed by atoms with Crippen LogP contribution in [0.2, 0.25) is 5.02 Å². The number of nitrogens with one attached hydrogen (secondary N) is 1. The maximum absolute atomic E-state index is 10.8. The first kappa shape index (κ1) is 12.0. The number of halogens is 1. The molecule has 0 spiro atoms. The van der Waals surface area contributed by atoms with Gasteiger partial charge in [0.25, 0.3) is 0 Å². The molecule has 0 radical (unpaired) electrons. The van der Waals surface area contributed by atoms with E-state index < -0.39 is 5.97 Å². The normalized spacial score (nSPS) is 14.4. The van der Waals surface area contributed by atoms with Gasteiger partial charge in [0.2, 0.25) is 0 Å². The third-order valence-electron chi connectivity index (χ3n) is 2.85. The molecule has 0 aliphatic heterocycles. The summed E-state index contributed by atoms with van der Waals surface area (Å²) in [5, 5.41) is 15.7. The minimum absolute atomic E-state index is 0.0458. The first-order valence-electron chi connectivity index (χ1n) is 5.89. The number of hydrogen-bond acceptors (Lipinski definition) is 3. The van der Waals surface area contributed by atoms with Gasteiger partial charge in [-0.1, -0.05) is 11.6 Å². The lowest BCUT2D eigenvalue weighted by atomic mass is 10.1. The summed E-state index contributed by atoms with van der Waals surface area (Å²) < 4.78 is 5.64. The standard InChI is InChI=1S/C13H11ClN2O3/c14-9-5-7(1-4-12(9)19-8-2-3-8)10-6-11(13(17)18)16-15-10/h1,4-6,8H,2-3H2,(H,15,16)(H,17,18). The highest BCUT2D eigenvalue weighted by molar-refractivity contribution is 6.32. The van der Waals surface area contributed by atoms with Gasteiger partial charge in [0, 0.05) is 5.56 Å². The molecule has 0 unspecified atom stereocenters. The number of hydrogen-bond donors (Lipinski definition) is 2. The second-order valence-electron chi connectivity index (χ2n) is 4.43. The molecular weight excluding hydrogens is 268 g/mol. The monoisotopic (exact) mass is 278 g/mol. The van der Waals surface area contributed by atoms with Gasteiger partial charge in [0.1, 0.15) is 11.4 Å². The molecule has 1 aromatic carbocycles. The predicted octanol–water partition coefficient (Wildman–Crippen LogP) is 2.97. The summed E-state index contributed by atoms with van der Waals surface area (Å²) in [6.07, 6.45) is 2.42. The van der Waals surface area contributed by atoms with E-state index in [4.69, 9.17) is 21.4 Å². The van der Waals surface area contributed by atoms with Crippen molar-refractivity contribution in [2.45, 2.75) is 18.9 Å². The molecule has 19 heavy (non-hydrogen) atoms. The van der Waals surface area contributed by atoms with Crippen LogP contribution >= 0.6 is 11.6 Å². The topological polar surface area (TPSA) is 75.2 Å². The Labute approximate surface area is 114 Å². The number of carboxylic acid groups (broad SMARTS) is 1. The first-order chi connectivity index (χ1) is 9.13. The van der Waals surface area contributed by atoms with E-state index >= 15 is 0 Å². The van der Waals surface area contributed by atoms with Gasteiger partial charge in [-0.25, -0.2) is 4.79 Å². The zero-order valence-corrected chi connectivity index (χ0v) is 10.6. The number of aromatic amines is 1. The van der Waals surface area contributed by atoms with Crippen LogP contribution in [-0.4, -0.2) is 27.4 Å². The van der Waals surface area contributed by atoms with Gasteiger partial charge in [0.05, 0.1) is 16.8 Å². The van der Waals surface area contributed by atoms with Gasteiger partial charge in [-0.2, -0.15) is 5.10 Å². The molecule has 0 bridgehead atoms. The quantitative estimate of drug-likeness (QED) is 0.901. The van der Waals surface area contributed by atoms with Crippen LogP contribution in [0.15, 0.2) is 24.3 Å². The summed E-state index contributed by atoms with van der Waals surface area (Å²) in [5.41, 5.74) is 1.33. The van der Waals surface area contributed by atoms with Crippen molar-refractivity contribution in [1.82, 2.24) is 10.2 Å². The van der Waals surface area contributed by atoms with Crippen molar-refractivity contribution < 1.29 is 14.6 Å². The fraction of sp³-hybridized carbons (Fsp3) is 0.231. The fourth-order valence-corrected chi connectivity index (χ4v) is 1.93. The van der Waals surface area contributed by atoms with Gasteiger partial charge >= 0.3 is 5.97 Å². The Balaban J connectivity index is 1.87. The zero-order valence-electron chi connectivity index (χ0n) is 9.89. The summed E-state index contributed by atoms with van der Waals surface area (Å²) in [6, 6.07) is 6.78. The minimum atomic E-state index is -1.04. The molecule has 5 nitrogen and oxygen atoms in total. The lowest BCUT2D eigenvalue weighted by Gasteiger charge is -2.07. The van der Waals surface area contributed by atoms with E-state index in [1.165, 1.54) is 6.07 Å². The Morgan fingerprint density at radius 2 is 2.21 bits per heavy atom. The van der Waals surface area contributed by atoms with Crippen molar-refractivity contribution in [2.24, 2.45) is 0 Å². The Morgan fingerprint density at radius 1 is 1.42 bits per heavy atom. The summed E-state index contributed by atoms with van der Waals surface area (Å²) >= 11 is 6.14. The van der Waals surface area contributed by atoms with Crippen LogP contribution in [0.4, 0.5) is 0 Å². The van der Waals surface area contributed by atoms with Crippen molar-refractivity contribution >= 4 is 17.6 Å². The number of benzene rings is 1. The summed E-state index contributed by atoms with van der Waals surface area (Å²) in [6.45, 7) is 0. The van der Waals surface area contributed by atoms with E-state index in [0.29, 0.717) is 16.5 Å². The highest BCUT2D eigenvalue weighted by atomic mass is 35.5. The zero-order chi connectivity index (χ0) is 13.4. The van der Waals surface area contributed by atoms with Gasteiger partial charge in [-0.3, -0.25) is 5.10 Å². The minimum Gasteiger partial charge on any atom is -0.489 e. The van der Waals surface area contributed by atoms with Gasteiger partial charge in [0.15, 0.2) is 0 Å². The third kappa shape index (κ3) is 2.56. The number of ether oxygens (including phenoxy) is 1. The number of carboxylic acids is 1. The number of aromatic nitrogens is 2. The van der Waals surface area contributed by atoms with E-state index in [-0.39, 0.29) is 11.8 Å². The van der Waals surface area contributed by atoms with E-state index in [0.717, 1.165) is 18.4 Å². The first-order valence-corrected chi connectivity index (χ1v) is 6.26. The molecule has 1 aliphatic carbocycles. The molecule has 0 atom stereocenters. The van der Waals surface area contributed by atoms with E-state index in [2.05, 4.69) is 10.2 Å². The molecule has 1 aliphatic rings. The van der Waals surface area contributed by atoms with Crippen LogP contribution in [0.1, 0.15) is 23.3 Å². The van der Waals surface area contributed by atoms with Gasteiger partial charge < -0.3 is 9.84 Å². The Hall–Kier alpha value is -2.01. The van der Waals surface area contributed by atoms with Crippen LogP contribution in [0.5, 0.6) is 5.75 Å². The maximum atomic E-state index is 10.8. The molecule has 1 fully saturated rings. The number of carbonyl (C=O) groups is 1. The van der Waals surface area contributed by atoms with Gasteiger partial charge in [-0.15, -0.1) is 0 Å². The molecule has 0 saturated heterocycles. The average Bonchev–Trinajstić information content (AvgIpc) is 3.05. The molecule has 3 rings (SSSR count). The van der Waals surface area contributed by atoms with Crippen LogP contribution in [0, 0.1) is 0 Å². The highest BCUT2D eigenvalue weighted by Gasteiger charge is 2.24. The molecule has 1 heterocycles. The van der Waals surface area contributed by atoms with E-state index in [1.807, 2.05) is 6.07 Å². The molecule has 0 amide bonds. The van der Waals surface area contributed by atoms with Crippen molar-refractivity contribution in [3.05, 3.63) is 35.0 Å². The molecule has 1 aromatic heterocycles. The van der Waals surface area contributed by atoms with Crippen LogP contribution in [-0.2, 0) is 0 Å². The fourth-order valence-electron chi connectivity index (χ4n) is 1.70. The molecular formula is C13H11ClN2O3. The Morgan fingerprint density at radius 3 is 2.79 bits per heavy atom. The average molecular weight is 279 g/mol. The smallest absolute Gasteiger partial charge is 0.353 e. The number of rotatable bonds is 4. The summed E-state index contributed by atoms with van der Waals surface area (Å²) in [7, 11) is 0. The SMILES string of the molecule is O=C(O)c1cc(-c2ccc(OC3CC3)c(Cl)c2)n[nH]1.